The number of benzene rings is 2. The van der Waals surface area contributed by atoms with Gasteiger partial charge in [-0.1, -0.05) is 43.8 Å². The molecular weight excluding hydrogens is 545 g/mol. The van der Waals surface area contributed by atoms with E-state index in [4.69, 9.17) is 14.0 Å². The SMILES string of the molecule is CCP(=O)(CC)OC(C)=C(C(=O)OCc1ccc([N+](=O)[O-])cc1)N1C(=O)C2N=C(COc3ccccc3)SC21. The predicted octanol–water partition coefficient (Wildman–Crippen LogP) is 4.97. The van der Waals surface area contributed by atoms with E-state index < -0.39 is 35.6 Å². The maximum absolute atomic E-state index is 13.3. The first kappa shape index (κ1) is 28.4. The van der Waals surface area contributed by atoms with Gasteiger partial charge in [-0.25, -0.2) is 4.79 Å². The van der Waals surface area contributed by atoms with Gasteiger partial charge in [0.1, 0.15) is 35.1 Å². The van der Waals surface area contributed by atoms with Crippen LogP contribution in [0.1, 0.15) is 26.3 Å². The molecule has 2 aromatic rings. The average Bonchev–Trinajstić information content (AvgIpc) is 3.33. The number of rotatable bonds is 12. The van der Waals surface area contributed by atoms with E-state index in [2.05, 4.69) is 4.99 Å². The molecule has 0 bridgehead atoms. The number of carbonyl (C=O) groups excluding carboxylic acids is 2. The van der Waals surface area contributed by atoms with Gasteiger partial charge in [-0.15, -0.1) is 0 Å². The van der Waals surface area contributed by atoms with Crippen LogP contribution in [0.2, 0.25) is 0 Å². The quantitative estimate of drug-likeness (QED) is 0.0656. The maximum Gasteiger partial charge on any atom is 0.358 e. The fraction of sp³-hybridized carbons (Fsp3) is 0.346. The van der Waals surface area contributed by atoms with Gasteiger partial charge in [0.25, 0.3) is 11.6 Å². The minimum atomic E-state index is -3.08. The number of nitro groups is 1. The van der Waals surface area contributed by atoms with Crippen molar-refractivity contribution < 1.29 is 33.1 Å². The summed E-state index contributed by atoms with van der Waals surface area (Å²) in [5.74, 6) is -0.559. The second-order valence-corrected chi connectivity index (χ2v) is 13.0. The normalized spacial score (nSPS) is 18.9. The van der Waals surface area contributed by atoms with Gasteiger partial charge in [0.2, 0.25) is 7.37 Å². The Morgan fingerprint density at radius 1 is 1.10 bits per heavy atom. The van der Waals surface area contributed by atoms with Gasteiger partial charge in [-0.2, -0.15) is 0 Å². The summed E-state index contributed by atoms with van der Waals surface area (Å²) >= 11 is 1.30. The number of non-ortho nitro benzene ring substituents is 1. The van der Waals surface area contributed by atoms with Gasteiger partial charge < -0.3 is 14.0 Å². The van der Waals surface area contributed by atoms with Crippen LogP contribution in [0.25, 0.3) is 0 Å². The van der Waals surface area contributed by atoms with Crippen LogP contribution in [-0.2, 0) is 30.0 Å². The number of aliphatic imine (C=N–C) groups is 1. The van der Waals surface area contributed by atoms with Crippen molar-refractivity contribution >= 4 is 41.7 Å². The lowest BCUT2D eigenvalue weighted by molar-refractivity contribution is -0.384. The number of amides is 1. The van der Waals surface area contributed by atoms with Crippen LogP contribution in [0.15, 0.2) is 71.0 Å². The molecule has 13 heteroatoms. The molecular formula is C26H28N3O8PS. The number of fused-ring (bicyclic) bond motifs is 1. The summed E-state index contributed by atoms with van der Waals surface area (Å²) in [4.78, 5) is 42.6. The molecule has 1 fully saturated rings. The van der Waals surface area contributed by atoms with Crippen molar-refractivity contribution in [2.24, 2.45) is 4.99 Å². The molecule has 0 aromatic heterocycles. The first-order chi connectivity index (χ1) is 18.7. The average molecular weight is 574 g/mol. The van der Waals surface area contributed by atoms with Crippen LogP contribution < -0.4 is 4.74 Å². The third-order valence-electron chi connectivity index (χ3n) is 6.21. The van der Waals surface area contributed by atoms with Crippen molar-refractivity contribution in [3.05, 3.63) is 81.7 Å². The maximum atomic E-state index is 13.3. The molecule has 0 N–H and O–H groups in total. The van der Waals surface area contributed by atoms with Gasteiger partial charge in [0.05, 0.1) is 4.92 Å². The molecule has 1 amide bonds. The smallest absolute Gasteiger partial charge is 0.358 e. The van der Waals surface area contributed by atoms with Gasteiger partial charge in [-0.05, 0) is 36.8 Å². The largest absolute Gasteiger partial charge is 0.487 e. The molecule has 4 rings (SSSR count). The van der Waals surface area contributed by atoms with E-state index in [1.807, 2.05) is 30.3 Å². The van der Waals surface area contributed by atoms with E-state index in [-0.39, 0.29) is 42.7 Å². The van der Waals surface area contributed by atoms with Gasteiger partial charge in [0.15, 0.2) is 11.7 Å². The molecule has 0 spiro atoms. The lowest BCUT2D eigenvalue weighted by Gasteiger charge is -2.41. The van der Waals surface area contributed by atoms with E-state index in [1.165, 1.54) is 47.9 Å². The summed E-state index contributed by atoms with van der Waals surface area (Å²) in [6.45, 7) is 4.93. The molecule has 2 aliphatic rings. The Kier molecular flexibility index (Phi) is 8.76. The highest BCUT2D eigenvalue weighted by Crippen LogP contribution is 2.50. The lowest BCUT2D eigenvalue weighted by Crippen LogP contribution is -2.61. The summed E-state index contributed by atoms with van der Waals surface area (Å²) in [7, 11) is -3.08. The second kappa shape index (κ2) is 12.0. The highest BCUT2D eigenvalue weighted by molar-refractivity contribution is 8.15. The van der Waals surface area contributed by atoms with Crippen LogP contribution in [0.3, 0.4) is 0 Å². The first-order valence-electron chi connectivity index (χ1n) is 12.3. The van der Waals surface area contributed by atoms with Crippen LogP contribution in [0.4, 0.5) is 5.69 Å². The molecule has 2 unspecified atom stereocenters. The van der Waals surface area contributed by atoms with Crippen molar-refractivity contribution in [1.29, 1.82) is 0 Å². The summed E-state index contributed by atoms with van der Waals surface area (Å²) in [6, 6.07) is 14.1. The van der Waals surface area contributed by atoms with E-state index in [9.17, 15) is 24.3 Å². The van der Waals surface area contributed by atoms with Gasteiger partial charge in [-0.3, -0.25) is 29.4 Å². The number of allylic oxidation sites excluding steroid dienone is 1. The molecule has 39 heavy (non-hydrogen) atoms. The van der Waals surface area contributed by atoms with Crippen LogP contribution >= 0.6 is 19.1 Å². The number of hydrogen-bond acceptors (Lipinski definition) is 10. The fourth-order valence-corrected chi connectivity index (χ4v) is 6.46. The lowest BCUT2D eigenvalue weighted by atomic mass is 10.1. The molecule has 0 radical (unpaired) electrons. The Morgan fingerprint density at radius 3 is 2.38 bits per heavy atom. The number of para-hydroxylation sites is 1. The van der Waals surface area contributed by atoms with Crippen molar-refractivity contribution in [2.75, 3.05) is 18.9 Å². The minimum Gasteiger partial charge on any atom is -0.487 e. The van der Waals surface area contributed by atoms with E-state index in [0.717, 1.165) is 0 Å². The zero-order valence-corrected chi connectivity index (χ0v) is 23.4. The Balaban J connectivity index is 1.52. The zero-order chi connectivity index (χ0) is 28.2. The highest BCUT2D eigenvalue weighted by atomic mass is 32.2. The summed E-state index contributed by atoms with van der Waals surface area (Å²) < 4.78 is 30.1. The van der Waals surface area contributed by atoms with Crippen LogP contribution in [0, 0.1) is 10.1 Å². The Hall–Kier alpha value is -3.63. The summed E-state index contributed by atoms with van der Waals surface area (Å²) in [5.41, 5.74) is 0.289. The number of likely N-dealkylation sites (tertiary alicyclic amines) is 1. The highest BCUT2D eigenvalue weighted by Gasteiger charge is 2.56. The number of carbonyl (C=O) groups is 2. The van der Waals surface area contributed by atoms with E-state index in [0.29, 0.717) is 16.4 Å². The molecule has 2 atom stereocenters. The van der Waals surface area contributed by atoms with Crippen molar-refractivity contribution in [3.8, 4) is 5.75 Å². The minimum absolute atomic E-state index is 0.0251. The third kappa shape index (κ3) is 6.34. The zero-order valence-electron chi connectivity index (χ0n) is 21.6. The first-order valence-corrected chi connectivity index (χ1v) is 15.2. The number of hydrogen-bond donors (Lipinski definition) is 0. The molecule has 0 aliphatic carbocycles. The molecule has 11 nitrogen and oxygen atoms in total. The summed E-state index contributed by atoms with van der Waals surface area (Å²) in [6.07, 6.45) is 0.510. The number of nitro benzene ring substituents is 1. The topological polar surface area (TPSA) is 138 Å². The Bertz CT molecular complexity index is 1360. The number of β-lactam (4-membered cyclic amide) rings is 1. The van der Waals surface area contributed by atoms with Crippen molar-refractivity contribution in [3.63, 3.8) is 0 Å². The fourth-order valence-electron chi connectivity index (χ4n) is 3.97. The van der Waals surface area contributed by atoms with Gasteiger partial charge in [0, 0.05) is 24.5 Å². The van der Waals surface area contributed by atoms with E-state index >= 15 is 0 Å². The molecule has 2 heterocycles. The predicted molar refractivity (Wildman–Crippen MR) is 147 cm³/mol. The number of nitrogens with zero attached hydrogens (tertiary/aromatic N) is 3. The molecule has 206 valence electrons. The van der Waals surface area contributed by atoms with Crippen molar-refractivity contribution in [1.82, 2.24) is 4.90 Å². The molecule has 2 aromatic carbocycles. The van der Waals surface area contributed by atoms with Crippen LogP contribution in [-0.4, -0.2) is 57.1 Å². The Morgan fingerprint density at radius 2 is 1.77 bits per heavy atom. The Labute approximate surface area is 229 Å². The summed E-state index contributed by atoms with van der Waals surface area (Å²) in [5, 5.41) is 11.0. The molecule has 2 aliphatic heterocycles. The number of ether oxygens (including phenoxy) is 2. The van der Waals surface area contributed by atoms with Gasteiger partial charge >= 0.3 is 5.97 Å². The van der Waals surface area contributed by atoms with Crippen molar-refractivity contribution in [2.45, 2.75) is 38.8 Å². The monoisotopic (exact) mass is 573 g/mol. The number of esters is 1. The molecule has 0 saturated carbocycles. The molecule has 1 saturated heterocycles. The third-order valence-corrected chi connectivity index (χ3v) is 9.95. The second-order valence-electron chi connectivity index (χ2n) is 8.73. The van der Waals surface area contributed by atoms with Crippen LogP contribution in [0.5, 0.6) is 5.75 Å². The number of thioether (sulfide) groups is 1. The van der Waals surface area contributed by atoms with E-state index in [1.54, 1.807) is 13.8 Å². The standard InChI is InChI=1S/C26H28N3O8PS/c1-4-38(34,5-2)37-17(3)23(26(31)36-15-18-11-13-19(14-12-18)29(32)33)28-24(30)22-25(28)39-21(27-22)16-35-20-9-7-6-8-10-20/h6-14,22,25H,4-5,15-16H2,1-3H3.